The van der Waals surface area contributed by atoms with Crippen molar-refractivity contribution in [2.45, 2.75) is 12.7 Å². The molecular weight excluding hydrogens is 407 g/mol. The first-order valence-electron chi connectivity index (χ1n) is 7.88. The van der Waals surface area contributed by atoms with Crippen LogP contribution in [0.15, 0.2) is 60.7 Å². The van der Waals surface area contributed by atoms with Crippen molar-refractivity contribution in [3.8, 4) is 34.0 Å². The quantitative estimate of drug-likeness (QED) is 0.464. The highest BCUT2D eigenvalue weighted by Crippen LogP contribution is 2.31. The standard InChI is InChI=1S/C19H10F7NO2/c20-13-9-16(11-3-1-5-14(7-11)28-18(21,22)23)27-17(10-13)12-4-2-6-15(8-12)29-19(24,25)26/h1-10H. The summed E-state index contributed by atoms with van der Waals surface area (Å²) in [5, 5.41) is 0. The topological polar surface area (TPSA) is 31.4 Å². The SMILES string of the molecule is Fc1cc(-c2cccc(OC(F)(F)F)c2)nc(-c2cccc(OC(F)(F)F)c2)c1. The van der Waals surface area contributed by atoms with Crippen molar-refractivity contribution in [2.24, 2.45) is 0 Å². The van der Waals surface area contributed by atoms with Crippen LogP contribution in [0.2, 0.25) is 0 Å². The Hall–Kier alpha value is -3.30. The molecule has 0 saturated heterocycles. The molecule has 3 aromatic rings. The van der Waals surface area contributed by atoms with E-state index in [0.717, 1.165) is 36.4 Å². The number of pyridine rings is 1. The van der Waals surface area contributed by atoms with E-state index in [0.29, 0.717) is 0 Å². The highest BCUT2D eigenvalue weighted by Gasteiger charge is 2.32. The Morgan fingerprint density at radius 2 is 1.03 bits per heavy atom. The van der Waals surface area contributed by atoms with Crippen LogP contribution in [0.4, 0.5) is 30.7 Å². The molecule has 0 N–H and O–H groups in total. The van der Waals surface area contributed by atoms with E-state index in [1.54, 1.807) is 0 Å². The van der Waals surface area contributed by atoms with E-state index >= 15 is 0 Å². The fraction of sp³-hybridized carbons (Fsp3) is 0.105. The molecule has 1 aromatic heterocycles. The Kier molecular flexibility index (Phi) is 5.36. The first-order chi connectivity index (χ1) is 13.5. The van der Waals surface area contributed by atoms with Crippen LogP contribution in [0.5, 0.6) is 11.5 Å². The lowest BCUT2D eigenvalue weighted by molar-refractivity contribution is -0.275. The second-order valence-corrected chi connectivity index (χ2v) is 5.71. The molecule has 29 heavy (non-hydrogen) atoms. The fourth-order valence-electron chi connectivity index (χ4n) is 2.50. The van der Waals surface area contributed by atoms with Crippen molar-refractivity contribution in [3.05, 3.63) is 66.5 Å². The van der Waals surface area contributed by atoms with Gasteiger partial charge in [0.1, 0.15) is 17.3 Å². The first-order valence-corrected chi connectivity index (χ1v) is 7.88. The molecule has 2 aromatic carbocycles. The molecule has 1 heterocycles. The lowest BCUT2D eigenvalue weighted by atomic mass is 10.1. The Balaban J connectivity index is 1.98. The zero-order valence-corrected chi connectivity index (χ0v) is 14.2. The van der Waals surface area contributed by atoms with Gasteiger partial charge in [0.05, 0.1) is 11.4 Å². The molecule has 0 aliphatic carbocycles. The van der Waals surface area contributed by atoms with Crippen LogP contribution in [0.25, 0.3) is 22.5 Å². The maximum atomic E-state index is 14.1. The van der Waals surface area contributed by atoms with Gasteiger partial charge in [-0.25, -0.2) is 9.37 Å². The van der Waals surface area contributed by atoms with Gasteiger partial charge in [-0.2, -0.15) is 0 Å². The second-order valence-electron chi connectivity index (χ2n) is 5.71. The summed E-state index contributed by atoms with van der Waals surface area (Å²) in [6.07, 6.45) is -9.81. The van der Waals surface area contributed by atoms with Gasteiger partial charge in [0.15, 0.2) is 0 Å². The van der Waals surface area contributed by atoms with Crippen molar-refractivity contribution in [1.29, 1.82) is 0 Å². The molecule has 10 heteroatoms. The molecule has 0 bridgehead atoms. The monoisotopic (exact) mass is 417 g/mol. The highest BCUT2D eigenvalue weighted by molar-refractivity contribution is 5.68. The van der Waals surface area contributed by atoms with Gasteiger partial charge in [0.25, 0.3) is 0 Å². The lowest BCUT2D eigenvalue weighted by Gasteiger charge is -2.12. The number of benzene rings is 2. The van der Waals surface area contributed by atoms with Crippen LogP contribution in [0.3, 0.4) is 0 Å². The second kappa shape index (κ2) is 7.61. The van der Waals surface area contributed by atoms with Gasteiger partial charge in [-0.05, 0) is 24.3 Å². The van der Waals surface area contributed by atoms with E-state index in [4.69, 9.17) is 0 Å². The third-order valence-corrected chi connectivity index (χ3v) is 3.52. The molecule has 0 spiro atoms. The normalized spacial score (nSPS) is 12.0. The van der Waals surface area contributed by atoms with Crippen LogP contribution in [-0.2, 0) is 0 Å². The largest absolute Gasteiger partial charge is 0.573 e. The summed E-state index contributed by atoms with van der Waals surface area (Å²) < 4.78 is 96.1. The maximum Gasteiger partial charge on any atom is 0.573 e. The summed E-state index contributed by atoms with van der Waals surface area (Å²) in [4.78, 5) is 4.14. The van der Waals surface area contributed by atoms with Gasteiger partial charge in [-0.1, -0.05) is 24.3 Å². The molecule has 0 aliphatic heterocycles. The molecule has 0 atom stereocenters. The molecule has 0 aliphatic rings. The number of ether oxygens (including phenoxy) is 2. The number of rotatable bonds is 4. The van der Waals surface area contributed by atoms with Crippen molar-refractivity contribution in [2.75, 3.05) is 0 Å². The summed E-state index contributed by atoms with van der Waals surface area (Å²) in [6.45, 7) is 0. The van der Waals surface area contributed by atoms with Gasteiger partial charge >= 0.3 is 12.7 Å². The van der Waals surface area contributed by atoms with Crippen LogP contribution < -0.4 is 9.47 Å². The van der Waals surface area contributed by atoms with Crippen LogP contribution in [-0.4, -0.2) is 17.7 Å². The van der Waals surface area contributed by atoms with Crippen LogP contribution >= 0.6 is 0 Å². The summed E-state index contributed by atoms with van der Waals surface area (Å²) in [6, 6.07) is 11.4. The minimum absolute atomic E-state index is 0.0326. The zero-order valence-electron chi connectivity index (χ0n) is 14.2. The molecule has 3 rings (SSSR count). The first kappa shape index (κ1) is 20.4. The van der Waals surface area contributed by atoms with E-state index < -0.39 is 30.0 Å². The predicted octanol–water partition coefficient (Wildman–Crippen LogP) is 6.35. The van der Waals surface area contributed by atoms with Crippen molar-refractivity contribution < 1.29 is 40.2 Å². The van der Waals surface area contributed by atoms with Gasteiger partial charge in [-0.15, -0.1) is 26.3 Å². The Labute approximate surface area is 159 Å². The molecule has 0 fully saturated rings. The maximum absolute atomic E-state index is 14.1. The number of aromatic nitrogens is 1. The van der Waals surface area contributed by atoms with Gasteiger partial charge in [0, 0.05) is 23.3 Å². The van der Waals surface area contributed by atoms with E-state index in [1.165, 1.54) is 24.3 Å². The number of alkyl halides is 6. The Bertz CT molecular complexity index is 938. The fourth-order valence-corrected chi connectivity index (χ4v) is 2.50. The smallest absolute Gasteiger partial charge is 0.406 e. The molecule has 0 saturated carbocycles. The van der Waals surface area contributed by atoms with Gasteiger partial charge in [0.2, 0.25) is 0 Å². The summed E-state index contributed by atoms with van der Waals surface area (Å²) in [7, 11) is 0. The number of halogens is 7. The third kappa shape index (κ3) is 5.84. The molecule has 0 amide bonds. The average molecular weight is 417 g/mol. The molecular formula is C19H10F7NO2. The van der Waals surface area contributed by atoms with E-state index in [1.807, 2.05) is 0 Å². The lowest BCUT2D eigenvalue weighted by Crippen LogP contribution is -2.17. The minimum atomic E-state index is -4.90. The van der Waals surface area contributed by atoms with E-state index in [-0.39, 0.29) is 22.5 Å². The summed E-state index contributed by atoms with van der Waals surface area (Å²) in [5.41, 5.74) is 0.176. The number of nitrogens with zero attached hydrogens (tertiary/aromatic N) is 1. The van der Waals surface area contributed by atoms with Crippen LogP contribution in [0, 0.1) is 5.82 Å². The molecule has 0 unspecified atom stereocenters. The third-order valence-electron chi connectivity index (χ3n) is 3.52. The van der Waals surface area contributed by atoms with E-state index in [9.17, 15) is 30.7 Å². The molecule has 3 nitrogen and oxygen atoms in total. The average Bonchev–Trinajstić information content (AvgIpc) is 2.59. The zero-order chi connectivity index (χ0) is 21.2. The van der Waals surface area contributed by atoms with Gasteiger partial charge < -0.3 is 9.47 Å². The number of hydrogen-bond donors (Lipinski definition) is 0. The minimum Gasteiger partial charge on any atom is -0.406 e. The van der Waals surface area contributed by atoms with Crippen molar-refractivity contribution in [3.63, 3.8) is 0 Å². The van der Waals surface area contributed by atoms with Crippen LogP contribution in [0.1, 0.15) is 0 Å². The van der Waals surface area contributed by atoms with Crippen molar-refractivity contribution >= 4 is 0 Å². The number of hydrogen-bond acceptors (Lipinski definition) is 3. The predicted molar refractivity (Wildman–Crippen MR) is 88.4 cm³/mol. The molecule has 0 radical (unpaired) electrons. The Morgan fingerprint density at radius 1 is 0.621 bits per heavy atom. The highest BCUT2D eigenvalue weighted by atomic mass is 19.4. The van der Waals surface area contributed by atoms with E-state index in [2.05, 4.69) is 14.5 Å². The van der Waals surface area contributed by atoms with Gasteiger partial charge in [-0.3, -0.25) is 0 Å². The van der Waals surface area contributed by atoms with Crippen molar-refractivity contribution in [1.82, 2.24) is 4.98 Å². The molecule has 152 valence electrons. The Morgan fingerprint density at radius 3 is 1.41 bits per heavy atom. The summed E-state index contributed by atoms with van der Waals surface area (Å²) >= 11 is 0. The summed E-state index contributed by atoms with van der Waals surface area (Å²) in [5.74, 6) is -1.83.